The Labute approximate surface area is 118 Å². The summed E-state index contributed by atoms with van der Waals surface area (Å²) in [6.07, 6.45) is 0. The lowest BCUT2D eigenvalue weighted by Gasteiger charge is -2.12. The van der Waals surface area contributed by atoms with Crippen molar-refractivity contribution in [2.75, 3.05) is 0 Å². The topological polar surface area (TPSA) is 94.9 Å². The van der Waals surface area contributed by atoms with E-state index in [1.165, 1.54) is 18.2 Å². The van der Waals surface area contributed by atoms with Gasteiger partial charge in [0.2, 0.25) is 0 Å². The Hall–Kier alpha value is -3.15. The van der Waals surface area contributed by atoms with Gasteiger partial charge >= 0.3 is 0 Å². The lowest BCUT2D eigenvalue weighted by molar-refractivity contribution is 0.0565. The molecule has 0 spiro atoms. The van der Waals surface area contributed by atoms with E-state index in [4.69, 9.17) is 0 Å². The summed E-state index contributed by atoms with van der Waals surface area (Å²) in [6, 6.07) is 9.40. The van der Waals surface area contributed by atoms with Crippen molar-refractivity contribution in [3.63, 3.8) is 0 Å². The third-order valence-corrected chi connectivity index (χ3v) is 3.21. The van der Waals surface area contributed by atoms with Crippen LogP contribution < -0.4 is 0 Å². The number of imide groups is 3. The SMILES string of the molecule is O=C(c1ccc(O)cc1O)N1C(=O)c2ccccc2C1=O. The summed E-state index contributed by atoms with van der Waals surface area (Å²) in [7, 11) is 0. The van der Waals surface area contributed by atoms with Crippen molar-refractivity contribution in [3.8, 4) is 11.5 Å². The first-order chi connectivity index (χ1) is 10.0. The molecule has 6 nitrogen and oxygen atoms in total. The molecule has 0 atom stereocenters. The lowest BCUT2D eigenvalue weighted by Crippen LogP contribution is -2.36. The molecule has 0 unspecified atom stereocenters. The largest absolute Gasteiger partial charge is 0.508 e. The highest BCUT2D eigenvalue weighted by Gasteiger charge is 2.40. The number of rotatable bonds is 1. The summed E-state index contributed by atoms with van der Waals surface area (Å²) in [5.41, 5.74) is 0.0607. The van der Waals surface area contributed by atoms with Gasteiger partial charge in [0.1, 0.15) is 11.5 Å². The quantitative estimate of drug-likeness (QED) is 0.774. The average Bonchev–Trinajstić information content (AvgIpc) is 2.71. The van der Waals surface area contributed by atoms with E-state index in [9.17, 15) is 24.6 Å². The summed E-state index contributed by atoms with van der Waals surface area (Å²) in [4.78, 5) is 37.1. The number of nitrogens with zero attached hydrogens (tertiary/aromatic N) is 1. The maximum atomic E-state index is 12.3. The molecule has 0 aliphatic carbocycles. The molecule has 1 aliphatic heterocycles. The number of aromatic hydroxyl groups is 2. The first-order valence-corrected chi connectivity index (χ1v) is 6.05. The molecular formula is C15H9NO5. The van der Waals surface area contributed by atoms with Crippen LogP contribution in [-0.2, 0) is 0 Å². The summed E-state index contributed by atoms with van der Waals surface area (Å²) < 4.78 is 0. The number of carbonyl (C=O) groups excluding carboxylic acids is 3. The zero-order valence-electron chi connectivity index (χ0n) is 10.6. The molecule has 0 fully saturated rings. The van der Waals surface area contributed by atoms with Crippen molar-refractivity contribution in [2.24, 2.45) is 0 Å². The van der Waals surface area contributed by atoms with Crippen LogP contribution in [0.5, 0.6) is 11.5 Å². The standard InChI is InChI=1S/C15H9NO5/c17-8-5-6-11(12(18)7-8)15(21)16-13(19)9-3-1-2-4-10(9)14(16)20/h1-7,17-18H. The fraction of sp³-hybridized carbons (Fsp3) is 0. The predicted molar refractivity (Wildman–Crippen MR) is 71.0 cm³/mol. The van der Waals surface area contributed by atoms with Gasteiger partial charge in [-0.05, 0) is 24.3 Å². The van der Waals surface area contributed by atoms with Crippen molar-refractivity contribution >= 4 is 17.7 Å². The molecule has 3 amide bonds. The van der Waals surface area contributed by atoms with Crippen molar-refractivity contribution < 1.29 is 24.6 Å². The molecule has 104 valence electrons. The molecule has 0 saturated carbocycles. The van der Waals surface area contributed by atoms with Gasteiger partial charge in [-0.15, -0.1) is 0 Å². The fourth-order valence-corrected chi connectivity index (χ4v) is 2.20. The van der Waals surface area contributed by atoms with Gasteiger partial charge in [0.25, 0.3) is 17.7 Å². The monoisotopic (exact) mass is 283 g/mol. The van der Waals surface area contributed by atoms with Gasteiger partial charge in [0, 0.05) is 6.07 Å². The molecule has 0 bridgehead atoms. The van der Waals surface area contributed by atoms with Crippen LogP contribution in [0.25, 0.3) is 0 Å². The van der Waals surface area contributed by atoms with Crippen molar-refractivity contribution in [2.45, 2.75) is 0 Å². The molecular weight excluding hydrogens is 274 g/mol. The second-order valence-electron chi connectivity index (χ2n) is 4.50. The molecule has 1 aliphatic rings. The highest BCUT2D eigenvalue weighted by atomic mass is 16.3. The normalized spacial score (nSPS) is 13.4. The zero-order chi connectivity index (χ0) is 15.1. The van der Waals surface area contributed by atoms with Gasteiger partial charge in [0.15, 0.2) is 0 Å². The molecule has 6 heteroatoms. The molecule has 1 heterocycles. The Morgan fingerprint density at radius 3 is 2.00 bits per heavy atom. The van der Waals surface area contributed by atoms with E-state index in [1.807, 2.05) is 0 Å². The maximum Gasteiger partial charge on any atom is 0.271 e. The van der Waals surface area contributed by atoms with E-state index < -0.39 is 23.5 Å². The molecule has 0 radical (unpaired) electrons. The highest BCUT2D eigenvalue weighted by molar-refractivity contribution is 6.31. The van der Waals surface area contributed by atoms with E-state index >= 15 is 0 Å². The third kappa shape index (κ3) is 1.85. The van der Waals surface area contributed by atoms with Gasteiger partial charge in [-0.1, -0.05) is 12.1 Å². The Balaban J connectivity index is 2.04. The number of fused-ring (bicyclic) bond motifs is 1. The molecule has 0 saturated heterocycles. The number of phenols is 2. The number of phenolic OH excluding ortho intramolecular Hbond substituents is 2. The van der Waals surface area contributed by atoms with Crippen LogP contribution in [0, 0.1) is 0 Å². The molecule has 2 aromatic carbocycles. The minimum absolute atomic E-state index is 0.147. The van der Waals surface area contributed by atoms with Crippen molar-refractivity contribution in [3.05, 3.63) is 59.2 Å². The third-order valence-electron chi connectivity index (χ3n) is 3.21. The second kappa shape index (κ2) is 4.45. The summed E-state index contributed by atoms with van der Waals surface area (Å²) in [5, 5.41) is 18.9. The van der Waals surface area contributed by atoms with E-state index in [0.717, 1.165) is 12.1 Å². The lowest BCUT2D eigenvalue weighted by atomic mass is 10.1. The van der Waals surface area contributed by atoms with Gasteiger partial charge in [0.05, 0.1) is 16.7 Å². The minimum atomic E-state index is -0.932. The van der Waals surface area contributed by atoms with Crippen LogP contribution in [0.15, 0.2) is 42.5 Å². The fourth-order valence-electron chi connectivity index (χ4n) is 2.20. The molecule has 2 N–H and O–H groups in total. The average molecular weight is 283 g/mol. The van der Waals surface area contributed by atoms with Crippen molar-refractivity contribution in [1.29, 1.82) is 0 Å². The Kier molecular flexibility index (Phi) is 2.72. The zero-order valence-corrected chi connectivity index (χ0v) is 10.6. The van der Waals surface area contributed by atoms with Crippen molar-refractivity contribution in [1.82, 2.24) is 4.90 Å². The van der Waals surface area contributed by atoms with Crippen LogP contribution in [0.3, 0.4) is 0 Å². The predicted octanol–water partition coefficient (Wildman–Crippen LogP) is 1.53. The van der Waals surface area contributed by atoms with Gasteiger partial charge in [-0.2, -0.15) is 0 Å². The minimum Gasteiger partial charge on any atom is -0.508 e. The number of hydrogen-bond donors (Lipinski definition) is 2. The van der Waals surface area contributed by atoms with E-state index in [-0.39, 0.29) is 22.4 Å². The van der Waals surface area contributed by atoms with E-state index in [0.29, 0.717) is 4.90 Å². The summed E-state index contributed by atoms with van der Waals surface area (Å²) >= 11 is 0. The van der Waals surface area contributed by atoms with Gasteiger partial charge < -0.3 is 10.2 Å². The number of amides is 3. The van der Waals surface area contributed by atoms with Crippen LogP contribution in [0.1, 0.15) is 31.1 Å². The van der Waals surface area contributed by atoms with Gasteiger partial charge in [-0.3, -0.25) is 14.4 Å². The summed E-state index contributed by atoms with van der Waals surface area (Å²) in [6.45, 7) is 0. The number of benzene rings is 2. The summed E-state index contributed by atoms with van der Waals surface area (Å²) in [5.74, 6) is -3.12. The molecule has 21 heavy (non-hydrogen) atoms. The Morgan fingerprint density at radius 2 is 1.48 bits per heavy atom. The number of hydrogen-bond acceptors (Lipinski definition) is 5. The maximum absolute atomic E-state index is 12.3. The molecule has 3 rings (SSSR count). The van der Waals surface area contributed by atoms with Crippen LogP contribution in [-0.4, -0.2) is 32.8 Å². The Morgan fingerprint density at radius 1 is 0.905 bits per heavy atom. The molecule has 2 aromatic rings. The second-order valence-corrected chi connectivity index (χ2v) is 4.50. The highest BCUT2D eigenvalue weighted by Crippen LogP contribution is 2.28. The van der Waals surface area contributed by atoms with E-state index in [1.54, 1.807) is 12.1 Å². The van der Waals surface area contributed by atoms with E-state index in [2.05, 4.69) is 0 Å². The van der Waals surface area contributed by atoms with Crippen LogP contribution in [0.4, 0.5) is 0 Å². The first kappa shape index (κ1) is 12.9. The Bertz CT molecular complexity index is 761. The van der Waals surface area contributed by atoms with Gasteiger partial charge in [-0.25, -0.2) is 4.90 Å². The van der Waals surface area contributed by atoms with Crippen LogP contribution in [0.2, 0.25) is 0 Å². The smallest absolute Gasteiger partial charge is 0.271 e. The first-order valence-electron chi connectivity index (χ1n) is 6.05. The number of carbonyl (C=O) groups is 3. The molecule has 0 aromatic heterocycles. The van der Waals surface area contributed by atoms with Crippen LogP contribution >= 0.6 is 0 Å².